The van der Waals surface area contributed by atoms with Crippen LogP contribution in [0.15, 0.2) is 42.6 Å². The van der Waals surface area contributed by atoms with E-state index in [1.807, 2.05) is 40.0 Å². The molecule has 0 bridgehead atoms. The van der Waals surface area contributed by atoms with Gasteiger partial charge in [0.15, 0.2) is 0 Å². The van der Waals surface area contributed by atoms with Crippen LogP contribution in [0.1, 0.15) is 105 Å². The van der Waals surface area contributed by atoms with Gasteiger partial charge < -0.3 is 14.9 Å². The first-order valence-corrected chi connectivity index (χ1v) is 13.8. The van der Waals surface area contributed by atoms with Gasteiger partial charge in [0, 0.05) is 31.2 Å². The van der Waals surface area contributed by atoms with Gasteiger partial charge in [0.05, 0.1) is 5.54 Å². The zero-order valence-corrected chi connectivity index (χ0v) is 25.0. The highest BCUT2D eigenvalue weighted by molar-refractivity contribution is 6.31. The minimum atomic E-state index is -0.847. The van der Waals surface area contributed by atoms with Gasteiger partial charge in [-0.2, -0.15) is 0 Å². The molecule has 0 aliphatic carbocycles. The lowest BCUT2D eigenvalue weighted by Crippen LogP contribution is -2.54. The third-order valence-electron chi connectivity index (χ3n) is 5.73. The zero-order valence-electron chi connectivity index (χ0n) is 24.3. The lowest BCUT2D eigenvalue weighted by Gasteiger charge is -2.47. The summed E-state index contributed by atoms with van der Waals surface area (Å²) in [4.78, 5) is 27.1. The second-order valence-electron chi connectivity index (χ2n) is 8.64. The summed E-state index contributed by atoms with van der Waals surface area (Å²) in [7, 11) is 1.80. The summed E-state index contributed by atoms with van der Waals surface area (Å²) >= 11 is 6.56. The molecule has 0 saturated carbocycles. The molecule has 36 heavy (non-hydrogen) atoms. The van der Waals surface area contributed by atoms with Crippen LogP contribution in [0, 0.1) is 0 Å². The first kappa shape index (κ1) is 35.9. The van der Waals surface area contributed by atoms with Gasteiger partial charge >= 0.3 is 12.0 Å². The van der Waals surface area contributed by atoms with Gasteiger partial charge in [-0.15, -0.1) is 6.58 Å². The SMILES string of the molecule is C=CC.CC.CCC.CCCCc1ccc([C@]2(C)C(CC)=CN(CCCC(=O)O)C(=O)N2C)cc1Cl. The lowest BCUT2D eigenvalue weighted by molar-refractivity contribution is -0.137. The van der Waals surface area contributed by atoms with E-state index in [1.165, 1.54) is 6.42 Å². The van der Waals surface area contributed by atoms with Gasteiger partial charge in [0.2, 0.25) is 0 Å². The fraction of sp³-hybridized carbons (Fsp3) is 0.600. The maximum atomic E-state index is 13.0. The highest BCUT2D eigenvalue weighted by Crippen LogP contribution is 2.41. The molecule has 1 aromatic carbocycles. The Kier molecular flexibility index (Phi) is 19.8. The number of unbranched alkanes of at least 4 members (excludes halogenated alkanes) is 1. The Morgan fingerprint density at radius 1 is 1.17 bits per heavy atom. The van der Waals surface area contributed by atoms with Crippen LogP contribution in [0.3, 0.4) is 0 Å². The molecule has 2 amide bonds. The number of rotatable bonds is 9. The number of hydrogen-bond donors (Lipinski definition) is 1. The van der Waals surface area contributed by atoms with Crippen LogP contribution in [0.25, 0.3) is 0 Å². The van der Waals surface area contributed by atoms with E-state index in [0.717, 1.165) is 47.4 Å². The highest BCUT2D eigenvalue weighted by Gasteiger charge is 2.42. The van der Waals surface area contributed by atoms with Crippen LogP contribution in [-0.2, 0) is 16.8 Å². The van der Waals surface area contributed by atoms with Crippen LogP contribution in [0.2, 0.25) is 5.02 Å². The van der Waals surface area contributed by atoms with Crippen LogP contribution < -0.4 is 0 Å². The number of aliphatic carboxylic acids is 1. The Morgan fingerprint density at radius 3 is 2.17 bits per heavy atom. The number of carboxylic acids is 1. The maximum Gasteiger partial charge on any atom is 0.324 e. The number of aryl methyl sites for hydroxylation is 1. The van der Waals surface area contributed by atoms with E-state index in [2.05, 4.69) is 46.4 Å². The predicted octanol–water partition coefficient (Wildman–Crippen LogP) is 9.06. The topological polar surface area (TPSA) is 60.9 Å². The van der Waals surface area contributed by atoms with Crippen molar-refractivity contribution in [3.05, 3.63) is 58.8 Å². The van der Waals surface area contributed by atoms with E-state index >= 15 is 0 Å². The third-order valence-corrected chi connectivity index (χ3v) is 6.08. The number of hydrogen-bond acceptors (Lipinski definition) is 2. The monoisotopic (exact) mass is 522 g/mol. The number of carboxylic acid groups (broad SMARTS) is 1. The molecule has 5 nitrogen and oxygen atoms in total. The second kappa shape index (κ2) is 19.9. The molecule has 0 fully saturated rings. The van der Waals surface area contributed by atoms with E-state index in [0.29, 0.717) is 13.0 Å². The van der Waals surface area contributed by atoms with Crippen molar-refractivity contribution in [3.63, 3.8) is 0 Å². The van der Waals surface area contributed by atoms with Crippen molar-refractivity contribution in [2.45, 2.75) is 106 Å². The molecular formula is C30H51ClN2O3. The Balaban J connectivity index is 0. The minimum Gasteiger partial charge on any atom is -0.481 e. The molecule has 1 atom stereocenters. The molecule has 6 heteroatoms. The van der Waals surface area contributed by atoms with Crippen molar-refractivity contribution >= 4 is 23.6 Å². The lowest BCUT2D eigenvalue weighted by atomic mass is 9.80. The maximum absolute atomic E-state index is 13.0. The average Bonchev–Trinajstić information content (AvgIpc) is 2.85. The normalized spacial score (nSPS) is 16.4. The van der Waals surface area contributed by atoms with E-state index in [9.17, 15) is 9.59 Å². The highest BCUT2D eigenvalue weighted by atomic mass is 35.5. The van der Waals surface area contributed by atoms with Crippen molar-refractivity contribution in [1.29, 1.82) is 0 Å². The Hall–Kier alpha value is -2.27. The second-order valence-corrected chi connectivity index (χ2v) is 9.04. The van der Waals surface area contributed by atoms with Crippen molar-refractivity contribution in [1.82, 2.24) is 9.80 Å². The van der Waals surface area contributed by atoms with E-state index in [-0.39, 0.29) is 12.5 Å². The summed E-state index contributed by atoms with van der Waals surface area (Å²) in [6, 6.07) is 6.00. The summed E-state index contributed by atoms with van der Waals surface area (Å²) in [5.41, 5.74) is 2.65. The Labute approximate surface area is 226 Å². The minimum absolute atomic E-state index is 0.0505. The van der Waals surface area contributed by atoms with Crippen molar-refractivity contribution < 1.29 is 14.7 Å². The van der Waals surface area contributed by atoms with Crippen LogP contribution in [0.4, 0.5) is 4.79 Å². The number of amides is 2. The van der Waals surface area contributed by atoms with Crippen molar-refractivity contribution in [3.8, 4) is 0 Å². The van der Waals surface area contributed by atoms with Gasteiger partial charge in [-0.05, 0) is 62.3 Å². The predicted molar refractivity (Wildman–Crippen MR) is 156 cm³/mol. The molecule has 206 valence electrons. The number of nitrogens with zero attached hydrogens (tertiary/aromatic N) is 2. The summed E-state index contributed by atoms with van der Waals surface area (Å²) < 4.78 is 0. The van der Waals surface area contributed by atoms with Crippen LogP contribution in [-0.4, -0.2) is 40.5 Å². The molecule has 0 unspecified atom stereocenters. The first-order chi connectivity index (χ1) is 17.1. The number of carbonyl (C=O) groups excluding carboxylic acids is 1. The fourth-order valence-electron chi connectivity index (χ4n) is 3.76. The summed E-state index contributed by atoms with van der Waals surface area (Å²) in [5.74, 6) is -0.847. The standard InChI is InChI=1S/C22H31ClN2O3.C3H8.C3H6.C2H6/c1-5-7-9-16-11-12-18(14-19(16)23)22(3)17(6-2)15-25(21(28)24(22)4)13-8-10-20(26)27;2*1-3-2;1-2/h11-12,14-15H,5-10,13H2,1-4H3,(H,26,27);3H2,1-2H3;3H,1H2,2H3;1-2H3/t22-;;;/m0.../s1. The van der Waals surface area contributed by atoms with E-state index in [4.69, 9.17) is 16.7 Å². The fourth-order valence-corrected chi connectivity index (χ4v) is 4.04. The number of likely N-dealkylation sites (N-methyl/N-ethyl adjacent to an activating group) is 1. The molecular weight excluding hydrogens is 472 g/mol. The number of urea groups is 1. The van der Waals surface area contributed by atoms with Gasteiger partial charge in [-0.3, -0.25) is 4.79 Å². The molecule has 1 heterocycles. The van der Waals surface area contributed by atoms with Crippen LogP contribution in [0.5, 0.6) is 0 Å². The smallest absolute Gasteiger partial charge is 0.324 e. The zero-order chi connectivity index (χ0) is 28.3. The third kappa shape index (κ3) is 10.8. The van der Waals surface area contributed by atoms with Gasteiger partial charge in [0.25, 0.3) is 0 Å². The first-order valence-electron chi connectivity index (χ1n) is 13.4. The molecule has 2 rings (SSSR count). The molecule has 1 aliphatic heterocycles. The molecule has 1 aliphatic rings. The Morgan fingerprint density at radius 2 is 1.72 bits per heavy atom. The van der Waals surface area contributed by atoms with Gasteiger partial charge in [-0.1, -0.05) is 84.2 Å². The number of halogens is 1. The molecule has 0 spiro atoms. The number of carbonyl (C=O) groups is 2. The van der Waals surface area contributed by atoms with Gasteiger partial charge in [0.1, 0.15) is 0 Å². The summed E-state index contributed by atoms with van der Waals surface area (Å²) in [6.07, 6.45) is 9.32. The van der Waals surface area contributed by atoms with E-state index < -0.39 is 11.5 Å². The van der Waals surface area contributed by atoms with E-state index in [1.54, 1.807) is 22.9 Å². The molecule has 1 N–H and O–H groups in total. The summed E-state index contributed by atoms with van der Waals surface area (Å²) in [6.45, 7) is 20.2. The molecule has 0 aromatic heterocycles. The number of benzene rings is 1. The number of allylic oxidation sites excluding steroid dienone is 1. The van der Waals surface area contributed by atoms with Crippen LogP contribution >= 0.6 is 11.6 Å². The van der Waals surface area contributed by atoms with Gasteiger partial charge in [-0.25, -0.2) is 4.79 Å². The van der Waals surface area contributed by atoms with Crippen molar-refractivity contribution in [2.24, 2.45) is 0 Å². The molecule has 0 saturated heterocycles. The molecule has 0 radical (unpaired) electrons. The van der Waals surface area contributed by atoms with Crippen molar-refractivity contribution in [2.75, 3.05) is 13.6 Å². The Bertz CT molecular complexity index is 822. The quantitative estimate of drug-likeness (QED) is 0.329. The summed E-state index contributed by atoms with van der Waals surface area (Å²) in [5, 5.41) is 9.59. The largest absolute Gasteiger partial charge is 0.481 e. The average molecular weight is 523 g/mol. The molecule has 1 aromatic rings.